The monoisotopic (exact) mass is 352 g/mol. The van der Waals surface area contributed by atoms with Gasteiger partial charge in [-0.05, 0) is 25.3 Å². The molecule has 3 rings (SSSR count). The lowest BCUT2D eigenvalue weighted by molar-refractivity contribution is -0.114. The summed E-state index contributed by atoms with van der Waals surface area (Å²) >= 11 is 6.04. The fourth-order valence-electron chi connectivity index (χ4n) is 2.82. The van der Waals surface area contributed by atoms with Gasteiger partial charge in [-0.25, -0.2) is 9.18 Å². The molecule has 1 aromatic carbocycles. The second-order valence-electron chi connectivity index (χ2n) is 5.85. The van der Waals surface area contributed by atoms with Crippen molar-refractivity contribution < 1.29 is 19.1 Å². The van der Waals surface area contributed by atoms with E-state index >= 15 is 0 Å². The van der Waals surface area contributed by atoms with Crippen LogP contribution in [0, 0.1) is 12.7 Å². The van der Waals surface area contributed by atoms with Crippen LogP contribution in [-0.2, 0) is 4.79 Å². The van der Waals surface area contributed by atoms with Crippen molar-refractivity contribution in [1.29, 1.82) is 0 Å². The number of rotatable bonds is 3. The third-order valence-corrected chi connectivity index (χ3v) is 4.50. The number of aromatic nitrogens is 1. The van der Waals surface area contributed by atoms with E-state index in [2.05, 4.69) is 5.32 Å². The standard InChI is InChI=1S/C16H14ClFN2O4/c1-6-11(17)12(18)13(19-7(2)21)10-14(6)20(8-3-4-8)5-9(15(10)22)16(23)24/h5,8H,3-4H2,1-2H3,(H,19,21)(H,23,24). The smallest absolute Gasteiger partial charge is 0.341 e. The molecule has 0 unspecified atom stereocenters. The van der Waals surface area contributed by atoms with Crippen LogP contribution in [0.4, 0.5) is 10.1 Å². The fraction of sp³-hybridized carbons (Fsp3) is 0.312. The van der Waals surface area contributed by atoms with Crippen LogP contribution < -0.4 is 10.7 Å². The molecular weight excluding hydrogens is 339 g/mol. The number of carbonyl (C=O) groups is 2. The van der Waals surface area contributed by atoms with Crippen LogP contribution in [0.25, 0.3) is 10.9 Å². The van der Waals surface area contributed by atoms with Crippen molar-refractivity contribution in [3.63, 3.8) is 0 Å². The molecule has 1 amide bonds. The number of carboxylic acids is 1. The molecule has 1 aliphatic rings. The van der Waals surface area contributed by atoms with E-state index in [1.807, 2.05) is 0 Å². The highest BCUT2D eigenvalue weighted by Gasteiger charge is 2.30. The molecule has 8 heteroatoms. The number of hydrogen-bond donors (Lipinski definition) is 2. The van der Waals surface area contributed by atoms with E-state index in [1.54, 1.807) is 11.5 Å². The summed E-state index contributed by atoms with van der Waals surface area (Å²) in [5.41, 5.74) is -1.02. The number of fused-ring (bicyclic) bond motifs is 1. The van der Waals surface area contributed by atoms with Crippen LogP contribution in [0.3, 0.4) is 0 Å². The molecule has 126 valence electrons. The van der Waals surface area contributed by atoms with Crippen LogP contribution >= 0.6 is 11.6 Å². The summed E-state index contributed by atoms with van der Waals surface area (Å²) in [4.78, 5) is 35.5. The Balaban J connectivity index is 2.56. The average molecular weight is 353 g/mol. The maximum Gasteiger partial charge on any atom is 0.341 e. The number of carboxylic acid groups (broad SMARTS) is 1. The summed E-state index contributed by atoms with van der Waals surface area (Å²) in [5.74, 6) is -2.94. The number of benzene rings is 1. The van der Waals surface area contributed by atoms with Gasteiger partial charge >= 0.3 is 5.97 Å². The number of nitrogens with one attached hydrogen (secondary N) is 1. The topological polar surface area (TPSA) is 88.4 Å². The van der Waals surface area contributed by atoms with E-state index < -0.39 is 28.7 Å². The summed E-state index contributed by atoms with van der Waals surface area (Å²) < 4.78 is 16.2. The second kappa shape index (κ2) is 5.59. The molecule has 24 heavy (non-hydrogen) atoms. The molecule has 0 atom stereocenters. The number of halogens is 2. The summed E-state index contributed by atoms with van der Waals surface area (Å²) in [5, 5.41) is 11.2. The lowest BCUT2D eigenvalue weighted by Crippen LogP contribution is -2.22. The summed E-state index contributed by atoms with van der Waals surface area (Å²) in [6.07, 6.45) is 2.91. The van der Waals surface area contributed by atoms with Crippen LogP contribution in [0.5, 0.6) is 0 Å². The number of nitrogens with zero attached hydrogens (tertiary/aromatic N) is 1. The van der Waals surface area contributed by atoms with Crippen LogP contribution in [0.1, 0.15) is 41.7 Å². The average Bonchev–Trinajstić information content (AvgIpc) is 3.33. The van der Waals surface area contributed by atoms with Crippen molar-refractivity contribution >= 4 is 40.1 Å². The molecule has 0 spiro atoms. The Labute approximate surface area is 140 Å². The van der Waals surface area contributed by atoms with Crippen molar-refractivity contribution in [2.24, 2.45) is 0 Å². The zero-order chi connectivity index (χ0) is 17.8. The van der Waals surface area contributed by atoms with Crippen molar-refractivity contribution in [2.75, 3.05) is 5.32 Å². The number of hydrogen-bond acceptors (Lipinski definition) is 3. The minimum Gasteiger partial charge on any atom is -0.477 e. The predicted octanol–water partition coefficient (Wildman–Crippen LogP) is 3.09. The molecule has 2 aromatic rings. The van der Waals surface area contributed by atoms with Gasteiger partial charge in [0.05, 0.1) is 21.6 Å². The van der Waals surface area contributed by atoms with E-state index in [-0.39, 0.29) is 22.1 Å². The normalized spacial score (nSPS) is 14.0. The quantitative estimate of drug-likeness (QED) is 0.888. The Kier molecular flexibility index (Phi) is 3.83. The molecule has 1 heterocycles. The first-order valence-electron chi connectivity index (χ1n) is 7.31. The van der Waals surface area contributed by atoms with Crippen LogP contribution in [-0.4, -0.2) is 21.6 Å². The van der Waals surface area contributed by atoms with Gasteiger partial charge in [-0.1, -0.05) is 11.6 Å². The van der Waals surface area contributed by atoms with Crippen LogP contribution in [0.2, 0.25) is 5.02 Å². The van der Waals surface area contributed by atoms with E-state index in [4.69, 9.17) is 11.6 Å². The van der Waals surface area contributed by atoms with Crippen molar-refractivity contribution in [3.8, 4) is 0 Å². The van der Waals surface area contributed by atoms with Crippen molar-refractivity contribution in [2.45, 2.75) is 32.7 Å². The van der Waals surface area contributed by atoms with Gasteiger partial charge in [0.15, 0.2) is 5.82 Å². The van der Waals surface area contributed by atoms with E-state index in [0.29, 0.717) is 11.1 Å². The Hall–Kier alpha value is -2.41. The highest BCUT2D eigenvalue weighted by atomic mass is 35.5. The number of amides is 1. The third-order valence-electron chi connectivity index (χ3n) is 4.05. The van der Waals surface area contributed by atoms with Gasteiger partial charge in [0.1, 0.15) is 5.56 Å². The van der Waals surface area contributed by atoms with Gasteiger partial charge in [-0.15, -0.1) is 0 Å². The molecule has 2 N–H and O–H groups in total. The molecule has 0 aliphatic heterocycles. The number of anilines is 1. The highest BCUT2D eigenvalue weighted by Crippen LogP contribution is 2.41. The lowest BCUT2D eigenvalue weighted by atomic mass is 10.0. The van der Waals surface area contributed by atoms with Gasteiger partial charge in [-0.3, -0.25) is 9.59 Å². The summed E-state index contributed by atoms with van der Waals surface area (Å²) in [7, 11) is 0. The zero-order valence-corrected chi connectivity index (χ0v) is 13.7. The maximum atomic E-state index is 14.6. The molecule has 0 saturated heterocycles. The first kappa shape index (κ1) is 16.4. The zero-order valence-electron chi connectivity index (χ0n) is 12.9. The predicted molar refractivity (Wildman–Crippen MR) is 87.4 cm³/mol. The van der Waals surface area contributed by atoms with Gasteiger partial charge in [0.2, 0.25) is 11.3 Å². The molecule has 1 fully saturated rings. The largest absolute Gasteiger partial charge is 0.477 e. The molecule has 6 nitrogen and oxygen atoms in total. The minimum absolute atomic E-state index is 0.0246. The number of aryl methyl sites for hydroxylation is 1. The first-order valence-corrected chi connectivity index (χ1v) is 7.69. The Morgan fingerprint density at radius 1 is 1.42 bits per heavy atom. The van der Waals surface area contributed by atoms with Gasteiger partial charge in [0.25, 0.3) is 0 Å². The van der Waals surface area contributed by atoms with Crippen molar-refractivity contribution in [1.82, 2.24) is 4.57 Å². The SMILES string of the molecule is CC(=O)Nc1c(F)c(Cl)c(C)c2c1c(=O)c(C(=O)O)cn2C1CC1. The van der Waals surface area contributed by atoms with Crippen LogP contribution in [0.15, 0.2) is 11.0 Å². The Bertz CT molecular complexity index is 963. The van der Waals surface area contributed by atoms with Gasteiger partial charge in [-0.2, -0.15) is 0 Å². The van der Waals surface area contributed by atoms with E-state index in [1.165, 1.54) is 13.1 Å². The van der Waals surface area contributed by atoms with E-state index in [9.17, 15) is 23.9 Å². The highest BCUT2D eigenvalue weighted by molar-refractivity contribution is 6.33. The number of carbonyl (C=O) groups excluding carboxylic acids is 1. The molecular formula is C16H14ClFN2O4. The molecule has 1 aliphatic carbocycles. The minimum atomic E-state index is -1.40. The Morgan fingerprint density at radius 2 is 2.04 bits per heavy atom. The molecule has 1 saturated carbocycles. The number of aromatic carboxylic acids is 1. The molecule has 0 bridgehead atoms. The van der Waals surface area contributed by atoms with E-state index in [0.717, 1.165) is 12.8 Å². The lowest BCUT2D eigenvalue weighted by Gasteiger charge is -2.18. The number of pyridine rings is 1. The second-order valence-corrected chi connectivity index (χ2v) is 6.23. The first-order chi connectivity index (χ1) is 11.2. The molecule has 0 radical (unpaired) electrons. The summed E-state index contributed by atoms with van der Waals surface area (Å²) in [6.45, 7) is 2.73. The fourth-order valence-corrected chi connectivity index (χ4v) is 3.01. The van der Waals surface area contributed by atoms with Gasteiger partial charge < -0.3 is 15.0 Å². The Morgan fingerprint density at radius 3 is 2.54 bits per heavy atom. The maximum absolute atomic E-state index is 14.6. The van der Waals surface area contributed by atoms with Crippen molar-refractivity contribution in [3.05, 3.63) is 38.4 Å². The van der Waals surface area contributed by atoms with Gasteiger partial charge in [0, 0.05) is 19.2 Å². The molecule has 1 aromatic heterocycles. The third kappa shape index (κ3) is 2.45. The summed E-state index contributed by atoms with van der Waals surface area (Å²) in [6, 6.07) is 0.0246.